The van der Waals surface area contributed by atoms with Crippen molar-refractivity contribution in [1.82, 2.24) is 9.80 Å². The summed E-state index contributed by atoms with van der Waals surface area (Å²) in [4.78, 5) is 28.5. The third-order valence-corrected chi connectivity index (χ3v) is 5.35. The van der Waals surface area contributed by atoms with Gasteiger partial charge in [-0.1, -0.05) is 11.6 Å². The number of amides is 3. The number of ether oxygens (including phenoxy) is 1. The van der Waals surface area contributed by atoms with E-state index in [2.05, 4.69) is 5.32 Å². The van der Waals surface area contributed by atoms with E-state index in [1.165, 1.54) is 4.90 Å². The molecule has 2 aromatic rings. The molecule has 3 N–H and O–H groups in total. The molecule has 3 rings (SSSR count). The smallest absolute Gasteiger partial charge is 0.321 e. The molecule has 0 spiro atoms. The van der Waals surface area contributed by atoms with Gasteiger partial charge >= 0.3 is 6.03 Å². The summed E-state index contributed by atoms with van der Waals surface area (Å²) in [6.07, 6.45) is 0.495. The van der Waals surface area contributed by atoms with Gasteiger partial charge in [0.1, 0.15) is 11.6 Å². The van der Waals surface area contributed by atoms with Crippen LogP contribution in [0.5, 0.6) is 0 Å². The standard InChI is InChI=1S/C22H25ClF2N4O3/c23-20-3-2-19(27-22(31)28-6-8-32-9-7-28)12-16(20)14-29(5-1-4-26)21(30)15-10-17(24)13-18(25)11-15/h2-3,10-13H,1,4-9,14,26H2,(H,27,31). The first-order valence-corrected chi connectivity index (χ1v) is 10.6. The number of anilines is 1. The number of rotatable bonds is 7. The monoisotopic (exact) mass is 466 g/mol. The van der Waals surface area contributed by atoms with Crippen molar-refractivity contribution in [2.45, 2.75) is 13.0 Å². The number of urea groups is 1. The summed E-state index contributed by atoms with van der Waals surface area (Å²) in [5.74, 6) is -2.22. The highest BCUT2D eigenvalue weighted by molar-refractivity contribution is 6.31. The summed E-state index contributed by atoms with van der Waals surface area (Å²) in [6, 6.07) is 7.39. The second-order valence-electron chi connectivity index (χ2n) is 7.36. The topological polar surface area (TPSA) is 87.9 Å². The Bertz CT molecular complexity index is 950. The summed E-state index contributed by atoms with van der Waals surface area (Å²) in [5.41, 5.74) is 6.58. The highest BCUT2D eigenvalue weighted by Gasteiger charge is 2.20. The number of benzene rings is 2. The molecule has 0 unspecified atom stereocenters. The number of halogens is 3. The zero-order valence-corrected chi connectivity index (χ0v) is 18.2. The van der Waals surface area contributed by atoms with Crippen molar-refractivity contribution in [3.63, 3.8) is 0 Å². The number of hydrogen-bond acceptors (Lipinski definition) is 4. The molecular formula is C22H25ClF2N4O3. The number of nitrogens with two attached hydrogens (primary N) is 1. The Morgan fingerprint density at radius 1 is 1.12 bits per heavy atom. The lowest BCUT2D eigenvalue weighted by Gasteiger charge is -2.27. The second-order valence-corrected chi connectivity index (χ2v) is 7.77. The van der Waals surface area contributed by atoms with E-state index in [0.717, 1.165) is 12.1 Å². The highest BCUT2D eigenvalue weighted by atomic mass is 35.5. The fourth-order valence-corrected chi connectivity index (χ4v) is 3.52. The van der Waals surface area contributed by atoms with Crippen LogP contribution in [0.3, 0.4) is 0 Å². The van der Waals surface area contributed by atoms with Gasteiger partial charge in [0.2, 0.25) is 0 Å². The van der Waals surface area contributed by atoms with E-state index >= 15 is 0 Å². The molecule has 0 bridgehead atoms. The zero-order valence-electron chi connectivity index (χ0n) is 17.5. The predicted molar refractivity (Wildman–Crippen MR) is 118 cm³/mol. The van der Waals surface area contributed by atoms with Gasteiger partial charge in [-0.05, 0) is 48.9 Å². The predicted octanol–water partition coefficient (Wildman–Crippen LogP) is 3.47. The quantitative estimate of drug-likeness (QED) is 0.654. The number of nitrogens with one attached hydrogen (secondary N) is 1. The molecule has 1 saturated heterocycles. The minimum Gasteiger partial charge on any atom is -0.378 e. The lowest BCUT2D eigenvalue weighted by atomic mass is 10.1. The van der Waals surface area contributed by atoms with E-state index in [4.69, 9.17) is 22.1 Å². The van der Waals surface area contributed by atoms with Crippen molar-refractivity contribution in [3.8, 4) is 0 Å². The van der Waals surface area contributed by atoms with Crippen LogP contribution in [0.4, 0.5) is 19.3 Å². The van der Waals surface area contributed by atoms with Gasteiger partial charge < -0.3 is 25.6 Å². The van der Waals surface area contributed by atoms with Crippen LogP contribution in [0.1, 0.15) is 22.3 Å². The van der Waals surface area contributed by atoms with E-state index < -0.39 is 17.5 Å². The van der Waals surface area contributed by atoms with Crippen LogP contribution in [-0.4, -0.2) is 61.1 Å². The molecule has 10 heteroatoms. The van der Waals surface area contributed by atoms with Gasteiger partial charge in [0, 0.05) is 48.5 Å². The van der Waals surface area contributed by atoms with Crippen LogP contribution < -0.4 is 11.1 Å². The van der Waals surface area contributed by atoms with Crippen molar-refractivity contribution >= 4 is 29.2 Å². The molecule has 7 nitrogen and oxygen atoms in total. The van der Waals surface area contributed by atoms with E-state index in [1.54, 1.807) is 23.1 Å². The van der Waals surface area contributed by atoms with Crippen molar-refractivity contribution < 1.29 is 23.1 Å². The summed E-state index contributed by atoms with van der Waals surface area (Å²) < 4.78 is 32.5. The number of hydrogen-bond donors (Lipinski definition) is 2. The lowest BCUT2D eigenvalue weighted by Crippen LogP contribution is -2.43. The van der Waals surface area contributed by atoms with Gasteiger partial charge in [-0.2, -0.15) is 0 Å². The lowest BCUT2D eigenvalue weighted by molar-refractivity contribution is 0.0564. The molecule has 2 aromatic carbocycles. The third-order valence-electron chi connectivity index (χ3n) is 4.99. The van der Waals surface area contributed by atoms with E-state index in [-0.39, 0.29) is 24.7 Å². The number of carbonyl (C=O) groups is 2. The maximum atomic E-state index is 13.6. The van der Waals surface area contributed by atoms with Crippen molar-refractivity contribution in [3.05, 3.63) is 64.2 Å². The van der Waals surface area contributed by atoms with Crippen LogP contribution in [0.15, 0.2) is 36.4 Å². The molecule has 3 amide bonds. The molecule has 0 aromatic heterocycles. The molecule has 1 aliphatic heterocycles. The van der Waals surface area contributed by atoms with Crippen molar-refractivity contribution in [2.75, 3.05) is 44.7 Å². The Morgan fingerprint density at radius 3 is 2.47 bits per heavy atom. The molecule has 0 radical (unpaired) electrons. The minimum absolute atomic E-state index is 0.0804. The second kappa shape index (κ2) is 11.2. The molecule has 0 saturated carbocycles. The molecule has 1 heterocycles. The van der Waals surface area contributed by atoms with Crippen LogP contribution in [0.2, 0.25) is 5.02 Å². The van der Waals surface area contributed by atoms with Crippen LogP contribution in [-0.2, 0) is 11.3 Å². The molecule has 0 atom stereocenters. The van der Waals surface area contributed by atoms with Gasteiger partial charge in [-0.15, -0.1) is 0 Å². The van der Waals surface area contributed by atoms with E-state index in [0.29, 0.717) is 61.6 Å². The molecular weight excluding hydrogens is 442 g/mol. The maximum absolute atomic E-state index is 13.6. The normalized spacial score (nSPS) is 13.7. The summed E-state index contributed by atoms with van der Waals surface area (Å²) >= 11 is 6.34. The third kappa shape index (κ3) is 6.38. The summed E-state index contributed by atoms with van der Waals surface area (Å²) in [6.45, 7) is 2.65. The molecule has 1 aliphatic rings. The fourth-order valence-electron chi connectivity index (χ4n) is 3.34. The average Bonchev–Trinajstić information content (AvgIpc) is 2.78. The number of nitrogens with zero attached hydrogens (tertiary/aromatic N) is 2. The average molecular weight is 467 g/mol. The van der Waals surface area contributed by atoms with Crippen LogP contribution >= 0.6 is 11.6 Å². The highest BCUT2D eigenvalue weighted by Crippen LogP contribution is 2.24. The Hall–Kier alpha value is -2.75. The Labute approximate surface area is 190 Å². The molecule has 32 heavy (non-hydrogen) atoms. The molecule has 172 valence electrons. The minimum atomic E-state index is -0.835. The van der Waals surface area contributed by atoms with E-state index in [1.807, 2.05) is 0 Å². The van der Waals surface area contributed by atoms with Gasteiger partial charge in [0.15, 0.2) is 0 Å². The molecule has 1 fully saturated rings. The number of carbonyl (C=O) groups excluding carboxylic acids is 2. The SMILES string of the molecule is NCCCN(Cc1cc(NC(=O)N2CCOCC2)ccc1Cl)C(=O)c1cc(F)cc(F)c1. The van der Waals surface area contributed by atoms with Crippen LogP contribution in [0.25, 0.3) is 0 Å². The number of morpholine rings is 1. The first-order chi connectivity index (χ1) is 15.4. The Kier molecular flexibility index (Phi) is 8.38. The summed E-state index contributed by atoms with van der Waals surface area (Å²) in [5, 5.41) is 3.22. The largest absolute Gasteiger partial charge is 0.378 e. The molecule has 0 aliphatic carbocycles. The van der Waals surface area contributed by atoms with E-state index in [9.17, 15) is 18.4 Å². The maximum Gasteiger partial charge on any atom is 0.321 e. The summed E-state index contributed by atoms with van der Waals surface area (Å²) in [7, 11) is 0. The Morgan fingerprint density at radius 2 is 1.81 bits per heavy atom. The van der Waals surface area contributed by atoms with Gasteiger partial charge in [0.05, 0.1) is 13.2 Å². The first-order valence-electron chi connectivity index (χ1n) is 10.2. The van der Waals surface area contributed by atoms with Crippen molar-refractivity contribution in [1.29, 1.82) is 0 Å². The van der Waals surface area contributed by atoms with Crippen LogP contribution in [0, 0.1) is 11.6 Å². The first kappa shape index (κ1) is 23.9. The van der Waals surface area contributed by atoms with Gasteiger partial charge in [-0.3, -0.25) is 4.79 Å². The van der Waals surface area contributed by atoms with Crippen molar-refractivity contribution in [2.24, 2.45) is 5.73 Å². The Balaban J connectivity index is 1.78. The zero-order chi connectivity index (χ0) is 23.1. The van der Waals surface area contributed by atoms with Gasteiger partial charge in [-0.25, -0.2) is 13.6 Å². The van der Waals surface area contributed by atoms with Gasteiger partial charge in [0.25, 0.3) is 5.91 Å². The fraction of sp³-hybridized carbons (Fsp3) is 0.364.